The van der Waals surface area contributed by atoms with Crippen molar-refractivity contribution >= 4 is 67.7 Å². The second kappa shape index (κ2) is 9.36. The van der Waals surface area contributed by atoms with E-state index in [4.69, 9.17) is 11.6 Å². The number of rotatable bonds is 5. The highest BCUT2D eigenvalue weighted by molar-refractivity contribution is 9.10. The molecule has 6 nitrogen and oxygen atoms in total. The Morgan fingerprint density at radius 2 is 1.96 bits per heavy atom. The van der Waals surface area contributed by atoms with Crippen LogP contribution in [0.4, 0.5) is 5.69 Å². The molecule has 2 aromatic carbocycles. The zero-order chi connectivity index (χ0) is 20.1. The molecule has 2 N–H and O–H groups in total. The van der Waals surface area contributed by atoms with Gasteiger partial charge in [0.2, 0.25) is 11.8 Å². The molecular formula is C19H16BrClN4O2S. The molecule has 0 spiro atoms. The first-order chi connectivity index (χ1) is 13.4. The van der Waals surface area contributed by atoms with Crippen LogP contribution in [-0.4, -0.2) is 27.9 Å². The summed E-state index contributed by atoms with van der Waals surface area (Å²) in [6, 6.07) is 14.5. The summed E-state index contributed by atoms with van der Waals surface area (Å²) in [4.78, 5) is 24.4. The maximum absolute atomic E-state index is 12.2. The van der Waals surface area contributed by atoms with Gasteiger partial charge in [0.05, 0.1) is 11.4 Å². The highest BCUT2D eigenvalue weighted by Crippen LogP contribution is 2.25. The topological polar surface area (TPSA) is 82.9 Å². The van der Waals surface area contributed by atoms with Gasteiger partial charge in [0, 0.05) is 15.9 Å². The van der Waals surface area contributed by atoms with Crippen molar-refractivity contribution in [3.63, 3.8) is 0 Å². The molecule has 9 heteroatoms. The van der Waals surface area contributed by atoms with E-state index >= 15 is 0 Å². The molecule has 144 valence electrons. The van der Waals surface area contributed by atoms with E-state index in [1.54, 1.807) is 18.2 Å². The molecule has 0 aromatic heterocycles. The monoisotopic (exact) mass is 478 g/mol. The molecule has 2 aromatic rings. The van der Waals surface area contributed by atoms with Crippen molar-refractivity contribution in [2.45, 2.75) is 18.6 Å². The van der Waals surface area contributed by atoms with Crippen molar-refractivity contribution in [3.05, 3.63) is 63.6 Å². The van der Waals surface area contributed by atoms with Gasteiger partial charge in [0.15, 0.2) is 5.17 Å². The summed E-state index contributed by atoms with van der Waals surface area (Å²) in [5, 5.41) is 14.2. The van der Waals surface area contributed by atoms with Crippen LogP contribution < -0.4 is 10.6 Å². The first kappa shape index (κ1) is 20.6. The number of para-hydroxylation sites is 1. The van der Waals surface area contributed by atoms with E-state index in [2.05, 4.69) is 36.8 Å². The first-order valence-electron chi connectivity index (χ1n) is 8.32. The zero-order valence-corrected chi connectivity index (χ0v) is 17.9. The van der Waals surface area contributed by atoms with E-state index in [9.17, 15) is 9.59 Å². The molecule has 2 amide bonds. The Labute approximate surface area is 180 Å². The maximum atomic E-state index is 12.2. The lowest BCUT2D eigenvalue weighted by Gasteiger charge is -2.08. The summed E-state index contributed by atoms with van der Waals surface area (Å²) in [5.41, 5.74) is 2.23. The van der Waals surface area contributed by atoms with Crippen LogP contribution in [0.3, 0.4) is 0 Å². The number of halogens is 2. The number of nitrogens with one attached hydrogen (secondary N) is 2. The number of hydrogen-bond acceptors (Lipinski definition) is 5. The molecular weight excluding hydrogens is 464 g/mol. The van der Waals surface area contributed by atoms with Gasteiger partial charge in [-0.1, -0.05) is 47.6 Å². The molecule has 0 bridgehead atoms. The minimum absolute atomic E-state index is 0.0384. The summed E-state index contributed by atoms with van der Waals surface area (Å²) in [6.45, 7) is 1.82. The van der Waals surface area contributed by atoms with E-state index in [0.29, 0.717) is 21.6 Å². The van der Waals surface area contributed by atoms with Gasteiger partial charge in [0.25, 0.3) is 0 Å². The van der Waals surface area contributed by atoms with E-state index in [0.717, 1.165) is 10.0 Å². The normalized spacial score (nSPS) is 18.2. The van der Waals surface area contributed by atoms with Crippen LogP contribution in [0.25, 0.3) is 0 Å². The Kier molecular flexibility index (Phi) is 6.88. The second-order valence-corrected chi connectivity index (χ2v) is 8.41. The lowest BCUT2D eigenvalue weighted by Crippen LogP contribution is -2.28. The van der Waals surface area contributed by atoms with Crippen molar-refractivity contribution in [3.8, 4) is 0 Å². The average Bonchev–Trinajstić information content (AvgIpc) is 3.01. The molecule has 1 unspecified atom stereocenters. The number of carbonyl (C=O) groups excluding carboxylic acids is 2. The molecule has 0 radical (unpaired) electrons. The van der Waals surface area contributed by atoms with Crippen molar-refractivity contribution in [2.75, 3.05) is 5.32 Å². The van der Waals surface area contributed by atoms with Gasteiger partial charge < -0.3 is 10.6 Å². The van der Waals surface area contributed by atoms with E-state index < -0.39 is 5.25 Å². The van der Waals surface area contributed by atoms with E-state index in [1.165, 1.54) is 11.8 Å². The Balaban J connectivity index is 1.60. The second-order valence-electron chi connectivity index (χ2n) is 5.93. The largest absolute Gasteiger partial charge is 0.325 e. The van der Waals surface area contributed by atoms with Gasteiger partial charge in [0.1, 0.15) is 5.25 Å². The molecule has 1 heterocycles. The molecule has 3 rings (SSSR count). The minimum atomic E-state index is -0.549. The van der Waals surface area contributed by atoms with Crippen molar-refractivity contribution in [1.82, 2.24) is 5.32 Å². The molecule has 1 atom stereocenters. The van der Waals surface area contributed by atoms with Crippen LogP contribution in [-0.2, 0) is 9.59 Å². The molecule has 1 aliphatic rings. The predicted molar refractivity (Wildman–Crippen MR) is 118 cm³/mol. The zero-order valence-electron chi connectivity index (χ0n) is 14.8. The van der Waals surface area contributed by atoms with Gasteiger partial charge in [-0.3, -0.25) is 9.59 Å². The fraction of sp³-hybridized carbons (Fsp3) is 0.158. The molecule has 28 heavy (non-hydrogen) atoms. The number of benzene rings is 2. The molecule has 0 aliphatic carbocycles. The van der Waals surface area contributed by atoms with Crippen molar-refractivity contribution < 1.29 is 9.59 Å². The number of hydrogen-bond donors (Lipinski definition) is 2. The van der Waals surface area contributed by atoms with Gasteiger partial charge in [-0.15, -0.1) is 5.10 Å². The Morgan fingerprint density at radius 1 is 1.25 bits per heavy atom. The van der Waals surface area contributed by atoms with Crippen LogP contribution >= 0.6 is 39.3 Å². The molecule has 1 saturated heterocycles. The number of carbonyl (C=O) groups is 2. The van der Waals surface area contributed by atoms with Crippen LogP contribution in [0, 0.1) is 0 Å². The van der Waals surface area contributed by atoms with Crippen LogP contribution in [0.5, 0.6) is 0 Å². The molecule has 1 fully saturated rings. The lowest BCUT2D eigenvalue weighted by molar-refractivity contribution is -0.122. The van der Waals surface area contributed by atoms with Crippen LogP contribution in [0.2, 0.25) is 5.02 Å². The van der Waals surface area contributed by atoms with Gasteiger partial charge in [-0.2, -0.15) is 5.10 Å². The highest BCUT2D eigenvalue weighted by atomic mass is 79.9. The Hall–Kier alpha value is -2.16. The smallest absolute Gasteiger partial charge is 0.240 e. The fourth-order valence-corrected chi connectivity index (χ4v) is 3.82. The third-order valence-corrected chi connectivity index (χ3v) is 5.86. The average molecular weight is 480 g/mol. The third kappa shape index (κ3) is 5.43. The summed E-state index contributed by atoms with van der Waals surface area (Å²) in [6.07, 6.45) is 0.0384. The summed E-state index contributed by atoms with van der Waals surface area (Å²) < 4.78 is 0.779. The van der Waals surface area contributed by atoms with E-state index in [-0.39, 0.29) is 18.2 Å². The Morgan fingerprint density at radius 3 is 2.68 bits per heavy atom. The number of anilines is 1. The van der Waals surface area contributed by atoms with Gasteiger partial charge in [-0.05, 0) is 52.7 Å². The lowest BCUT2D eigenvalue weighted by atomic mass is 10.1. The van der Waals surface area contributed by atoms with Gasteiger partial charge in [-0.25, -0.2) is 0 Å². The molecule has 0 saturated carbocycles. The number of nitrogens with zero attached hydrogens (tertiary/aromatic N) is 2. The predicted octanol–water partition coefficient (Wildman–Crippen LogP) is 4.44. The summed E-state index contributed by atoms with van der Waals surface area (Å²) in [7, 11) is 0. The van der Waals surface area contributed by atoms with Crippen LogP contribution in [0.1, 0.15) is 18.9 Å². The maximum Gasteiger partial charge on any atom is 0.240 e. The number of amides is 2. The van der Waals surface area contributed by atoms with E-state index in [1.807, 2.05) is 37.3 Å². The standard InChI is InChI=1S/C19H16BrClN4O2S/c1-11(12-6-8-13(21)9-7-12)24-25-19-23-18(27)16(28-19)10-17(26)22-15-5-3-2-4-14(15)20/h2-9,16H,10H2,1H3,(H,22,26)(H,23,25,27)/b24-11+. The van der Waals surface area contributed by atoms with Crippen LogP contribution in [0.15, 0.2) is 63.2 Å². The third-order valence-electron chi connectivity index (χ3n) is 3.85. The number of amidine groups is 1. The van der Waals surface area contributed by atoms with Gasteiger partial charge >= 0.3 is 0 Å². The highest BCUT2D eigenvalue weighted by Gasteiger charge is 2.32. The number of thioether (sulfide) groups is 1. The Bertz CT molecular complexity index is 963. The quantitative estimate of drug-likeness (QED) is 0.491. The van der Waals surface area contributed by atoms with Crippen molar-refractivity contribution in [1.29, 1.82) is 0 Å². The fourth-order valence-electron chi connectivity index (χ4n) is 2.39. The summed E-state index contributed by atoms with van der Waals surface area (Å²) in [5.74, 6) is -0.507. The SMILES string of the molecule is C/C(=N\N=C1\NC(=O)C(CC(=O)Nc2ccccc2Br)S1)c1ccc(Cl)cc1. The minimum Gasteiger partial charge on any atom is -0.325 e. The first-order valence-corrected chi connectivity index (χ1v) is 10.4. The van der Waals surface area contributed by atoms with Crippen molar-refractivity contribution in [2.24, 2.45) is 10.2 Å². The summed E-state index contributed by atoms with van der Waals surface area (Å²) >= 11 is 10.4. The molecule has 1 aliphatic heterocycles.